The van der Waals surface area contributed by atoms with E-state index in [1.165, 1.54) is 0 Å². The fourth-order valence-electron chi connectivity index (χ4n) is 3.64. The van der Waals surface area contributed by atoms with Crippen molar-refractivity contribution in [2.45, 2.75) is 12.6 Å². The minimum absolute atomic E-state index is 0.392. The molecule has 1 atom stereocenters. The number of fused-ring (bicyclic) bond motifs is 2. The monoisotopic (exact) mass is 375 g/mol. The van der Waals surface area contributed by atoms with Crippen LogP contribution in [0.3, 0.4) is 0 Å². The van der Waals surface area contributed by atoms with Crippen molar-refractivity contribution in [1.82, 2.24) is 15.0 Å². The standard InChI is InChI=1S/C21H14ClN3O2/c1-13-6-11-19-18(12-13)23-24-25(19)21(14-7-9-15(22)10-8-14)17-5-3-2-4-16(17)20(26)27-21/h2-12H,1H3. The largest absolute Gasteiger partial charge is 0.424 e. The minimum Gasteiger partial charge on any atom is -0.424 e. The molecule has 0 aliphatic carbocycles. The van der Waals surface area contributed by atoms with Crippen LogP contribution in [0.2, 0.25) is 5.02 Å². The average molecular weight is 376 g/mol. The van der Waals surface area contributed by atoms with Gasteiger partial charge in [-0.15, -0.1) is 5.10 Å². The number of aryl methyl sites for hydroxylation is 1. The van der Waals surface area contributed by atoms with E-state index < -0.39 is 11.7 Å². The first-order valence-corrected chi connectivity index (χ1v) is 8.89. The Labute approximate surface area is 160 Å². The van der Waals surface area contributed by atoms with Crippen molar-refractivity contribution >= 4 is 28.6 Å². The van der Waals surface area contributed by atoms with Crippen molar-refractivity contribution in [2.75, 3.05) is 0 Å². The lowest BCUT2D eigenvalue weighted by Gasteiger charge is -2.29. The Morgan fingerprint density at radius 3 is 2.63 bits per heavy atom. The number of hydrogen-bond donors (Lipinski definition) is 0. The first-order valence-electron chi connectivity index (χ1n) is 8.51. The maximum absolute atomic E-state index is 12.7. The van der Waals surface area contributed by atoms with E-state index >= 15 is 0 Å². The van der Waals surface area contributed by atoms with Crippen LogP contribution in [-0.4, -0.2) is 21.0 Å². The van der Waals surface area contributed by atoms with Crippen molar-refractivity contribution in [1.29, 1.82) is 0 Å². The molecule has 1 aliphatic heterocycles. The highest BCUT2D eigenvalue weighted by Gasteiger charge is 2.50. The molecule has 0 saturated heterocycles. The smallest absolute Gasteiger partial charge is 0.341 e. The molecule has 1 aliphatic rings. The summed E-state index contributed by atoms with van der Waals surface area (Å²) in [5.41, 5.74) is 3.36. The van der Waals surface area contributed by atoms with Crippen LogP contribution in [0.15, 0.2) is 66.7 Å². The Hall–Kier alpha value is -3.18. The number of carbonyl (C=O) groups excluding carboxylic acids is 1. The zero-order valence-corrected chi connectivity index (χ0v) is 15.1. The van der Waals surface area contributed by atoms with Gasteiger partial charge in [0.25, 0.3) is 5.72 Å². The highest BCUT2D eigenvalue weighted by Crippen LogP contribution is 2.44. The third-order valence-electron chi connectivity index (χ3n) is 4.89. The fraction of sp³-hybridized carbons (Fsp3) is 0.0952. The van der Waals surface area contributed by atoms with Gasteiger partial charge in [-0.2, -0.15) is 4.68 Å². The van der Waals surface area contributed by atoms with Gasteiger partial charge in [0, 0.05) is 16.1 Å². The quantitative estimate of drug-likeness (QED) is 0.490. The van der Waals surface area contributed by atoms with Crippen molar-refractivity contribution < 1.29 is 9.53 Å². The Bertz CT molecular complexity index is 1200. The molecule has 27 heavy (non-hydrogen) atoms. The van der Waals surface area contributed by atoms with E-state index in [0.29, 0.717) is 10.6 Å². The van der Waals surface area contributed by atoms with Crippen LogP contribution in [0.25, 0.3) is 11.0 Å². The van der Waals surface area contributed by atoms with Gasteiger partial charge < -0.3 is 4.74 Å². The number of hydrogen-bond acceptors (Lipinski definition) is 4. The number of carbonyl (C=O) groups is 1. The van der Waals surface area contributed by atoms with E-state index in [1.54, 1.807) is 22.9 Å². The van der Waals surface area contributed by atoms with Gasteiger partial charge in [-0.25, -0.2) is 4.79 Å². The maximum atomic E-state index is 12.7. The molecule has 1 aromatic heterocycles. The molecule has 1 unspecified atom stereocenters. The van der Waals surface area contributed by atoms with Crippen LogP contribution in [0.4, 0.5) is 0 Å². The van der Waals surface area contributed by atoms with Crippen molar-refractivity contribution in [3.63, 3.8) is 0 Å². The molecule has 0 radical (unpaired) electrons. The lowest BCUT2D eigenvalue weighted by Crippen LogP contribution is -2.37. The Balaban J connectivity index is 1.88. The van der Waals surface area contributed by atoms with E-state index in [1.807, 2.05) is 55.5 Å². The third kappa shape index (κ3) is 2.22. The summed E-state index contributed by atoms with van der Waals surface area (Å²) in [6.45, 7) is 2.00. The van der Waals surface area contributed by atoms with Gasteiger partial charge in [-0.05, 0) is 42.8 Å². The topological polar surface area (TPSA) is 57.0 Å². The molecule has 0 amide bonds. The summed E-state index contributed by atoms with van der Waals surface area (Å²) in [7, 11) is 0. The number of esters is 1. The molecule has 0 bridgehead atoms. The molecule has 3 aromatic carbocycles. The van der Waals surface area contributed by atoms with Gasteiger partial charge in [0.05, 0.1) is 11.1 Å². The van der Waals surface area contributed by atoms with Gasteiger partial charge in [-0.1, -0.05) is 53.2 Å². The molecule has 132 valence electrons. The highest BCUT2D eigenvalue weighted by atomic mass is 35.5. The van der Waals surface area contributed by atoms with Crippen LogP contribution in [0.5, 0.6) is 0 Å². The van der Waals surface area contributed by atoms with Crippen LogP contribution in [-0.2, 0) is 10.5 Å². The van der Waals surface area contributed by atoms with Gasteiger partial charge in [0.15, 0.2) is 0 Å². The summed E-state index contributed by atoms with van der Waals surface area (Å²) in [6, 6.07) is 20.5. The van der Waals surface area contributed by atoms with Crippen LogP contribution in [0, 0.1) is 6.92 Å². The lowest BCUT2D eigenvalue weighted by molar-refractivity contribution is -0.00697. The van der Waals surface area contributed by atoms with Crippen LogP contribution in [0.1, 0.15) is 27.0 Å². The summed E-state index contributed by atoms with van der Waals surface area (Å²) in [4.78, 5) is 12.7. The Morgan fingerprint density at radius 1 is 1.04 bits per heavy atom. The van der Waals surface area contributed by atoms with E-state index in [2.05, 4.69) is 10.3 Å². The SMILES string of the molecule is Cc1ccc2c(c1)nnn2C1(c2ccc(Cl)cc2)OC(=O)c2ccccc21. The molecule has 5 nitrogen and oxygen atoms in total. The zero-order valence-electron chi connectivity index (χ0n) is 14.4. The molecule has 4 aromatic rings. The lowest BCUT2D eigenvalue weighted by atomic mass is 9.92. The van der Waals surface area contributed by atoms with Gasteiger partial charge in [-0.3, -0.25) is 0 Å². The van der Waals surface area contributed by atoms with Gasteiger partial charge in [0.1, 0.15) is 5.52 Å². The fourth-order valence-corrected chi connectivity index (χ4v) is 3.76. The first kappa shape index (κ1) is 16.0. The predicted molar refractivity (Wildman–Crippen MR) is 102 cm³/mol. The Morgan fingerprint density at radius 2 is 1.81 bits per heavy atom. The number of aromatic nitrogens is 3. The molecule has 2 heterocycles. The van der Waals surface area contributed by atoms with Crippen molar-refractivity contribution in [3.05, 3.63) is 94.0 Å². The highest BCUT2D eigenvalue weighted by molar-refractivity contribution is 6.30. The predicted octanol–water partition coefficient (Wildman–Crippen LogP) is 4.31. The molecular weight excluding hydrogens is 362 g/mol. The summed E-state index contributed by atoms with van der Waals surface area (Å²) in [6.07, 6.45) is 0. The number of rotatable bonds is 2. The first-order chi connectivity index (χ1) is 13.1. The number of nitrogens with zero attached hydrogens (tertiary/aromatic N) is 3. The molecule has 0 fully saturated rings. The molecule has 0 N–H and O–H groups in total. The second-order valence-corrected chi connectivity index (χ2v) is 7.02. The van der Waals surface area contributed by atoms with Crippen molar-refractivity contribution in [3.8, 4) is 0 Å². The summed E-state index contributed by atoms with van der Waals surface area (Å²) >= 11 is 6.09. The third-order valence-corrected chi connectivity index (χ3v) is 5.14. The van der Waals surface area contributed by atoms with Crippen LogP contribution < -0.4 is 0 Å². The second-order valence-electron chi connectivity index (χ2n) is 6.58. The normalized spacial score (nSPS) is 18.5. The summed E-state index contributed by atoms with van der Waals surface area (Å²) < 4.78 is 7.68. The molecule has 6 heteroatoms. The zero-order chi connectivity index (χ0) is 18.6. The van der Waals surface area contributed by atoms with Gasteiger partial charge in [0.2, 0.25) is 0 Å². The summed E-state index contributed by atoms with van der Waals surface area (Å²) in [5.74, 6) is -0.392. The summed E-state index contributed by atoms with van der Waals surface area (Å²) in [5, 5.41) is 9.29. The van der Waals surface area contributed by atoms with E-state index in [9.17, 15) is 4.79 Å². The number of cyclic esters (lactones) is 1. The van der Waals surface area contributed by atoms with Gasteiger partial charge >= 0.3 is 5.97 Å². The van der Waals surface area contributed by atoms with Crippen molar-refractivity contribution in [2.24, 2.45) is 0 Å². The molecule has 5 rings (SSSR count). The molecule has 0 saturated carbocycles. The Kier molecular flexibility index (Phi) is 3.36. The molecule has 0 spiro atoms. The van der Waals surface area contributed by atoms with E-state index in [-0.39, 0.29) is 0 Å². The average Bonchev–Trinajstić information content (AvgIpc) is 3.22. The van der Waals surface area contributed by atoms with Crippen LogP contribution >= 0.6 is 11.6 Å². The second kappa shape index (κ2) is 5.66. The van der Waals surface area contributed by atoms with E-state index in [4.69, 9.17) is 16.3 Å². The number of benzene rings is 3. The number of ether oxygens (including phenoxy) is 1. The van der Waals surface area contributed by atoms with E-state index in [0.717, 1.165) is 27.7 Å². The maximum Gasteiger partial charge on any atom is 0.341 e. The number of halogens is 1. The molecular formula is C21H14ClN3O2. The minimum atomic E-state index is -1.23.